The molecule has 0 radical (unpaired) electrons. The second-order valence-corrected chi connectivity index (χ2v) is 10.5. The van der Waals surface area contributed by atoms with Gasteiger partial charge in [-0.15, -0.1) is 0 Å². The number of fused-ring (bicyclic) bond motifs is 4. The quantitative estimate of drug-likeness (QED) is 0.219. The predicted molar refractivity (Wildman–Crippen MR) is 136 cm³/mol. The number of nitrogens with zero attached hydrogens (tertiary/aromatic N) is 1. The lowest BCUT2D eigenvalue weighted by atomic mass is 9.53. The van der Waals surface area contributed by atoms with Crippen molar-refractivity contribution in [3.05, 3.63) is 70.5 Å². The van der Waals surface area contributed by atoms with Gasteiger partial charge in [-0.3, -0.25) is 14.6 Å². The Bertz CT molecular complexity index is 1310. The number of carbonyl (C=O) groups is 2. The van der Waals surface area contributed by atoms with E-state index < -0.39 is 63.2 Å². The molecule has 4 aliphatic rings. The van der Waals surface area contributed by atoms with Crippen molar-refractivity contribution in [2.75, 3.05) is 0 Å². The predicted octanol–water partition coefficient (Wildman–Crippen LogP) is 3.38. The zero-order valence-electron chi connectivity index (χ0n) is 21.7. The summed E-state index contributed by atoms with van der Waals surface area (Å²) in [6.45, 7) is 8.79. The number of ketones is 2. The topological polar surface area (TPSA) is 157 Å². The summed E-state index contributed by atoms with van der Waals surface area (Å²) in [4.78, 5) is 31.3. The minimum atomic E-state index is -2.69. The second kappa shape index (κ2) is 8.37. The number of Topliss-reactive ketones (excluding diaryl/α,β-unsaturated/α-hetero) is 2. The molecule has 0 saturated carbocycles. The average Bonchev–Trinajstić information content (AvgIpc) is 3.02. The Morgan fingerprint density at radius 3 is 2.32 bits per heavy atom. The highest BCUT2D eigenvalue weighted by molar-refractivity contribution is 6.28. The molecule has 5 N–H and O–H groups in total. The van der Waals surface area contributed by atoms with Crippen LogP contribution in [0, 0.1) is 11.3 Å². The first-order valence-electron chi connectivity index (χ1n) is 12.2. The molecule has 1 saturated heterocycles. The summed E-state index contributed by atoms with van der Waals surface area (Å²) in [5, 5.41) is 57.8. The molecule has 37 heavy (non-hydrogen) atoms. The van der Waals surface area contributed by atoms with Crippen LogP contribution >= 0.6 is 0 Å². The van der Waals surface area contributed by atoms with Crippen molar-refractivity contribution in [3.8, 4) is 0 Å². The molecule has 2 aliphatic carbocycles. The Labute approximate surface area is 215 Å². The first kappa shape index (κ1) is 26.8. The summed E-state index contributed by atoms with van der Waals surface area (Å²) in [5.74, 6) is -6.92. The van der Waals surface area contributed by atoms with Crippen LogP contribution < -0.4 is 0 Å². The maximum absolute atomic E-state index is 13.6. The van der Waals surface area contributed by atoms with Crippen LogP contribution in [0.3, 0.4) is 0 Å². The number of hydrogen-bond acceptors (Lipinski definition) is 9. The van der Waals surface area contributed by atoms with Gasteiger partial charge in [0.2, 0.25) is 5.79 Å². The van der Waals surface area contributed by atoms with Gasteiger partial charge in [0.05, 0.1) is 22.7 Å². The molecule has 6 atom stereocenters. The number of ether oxygens (including phenoxy) is 1. The largest absolute Gasteiger partial charge is 0.511 e. The molecule has 0 aromatic carbocycles. The van der Waals surface area contributed by atoms with E-state index in [0.717, 1.165) is 0 Å². The van der Waals surface area contributed by atoms with Gasteiger partial charge in [-0.2, -0.15) is 0 Å². The lowest BCUT2D eigenvalue weighted by Crippen LogP contribution is -2.70. The zero-order valence-corrected chi connectivity index (χ0v) is 21.7. The van der Waals surface area contributed by atoms with Crippen molar-refractivity contribution in [1.82, 2.24) is 0 Å². The van der Waals surface area contributed by atoms with E-state index in [4.69, 9.17) is 4.74 Å². The Morgan fingerprint density at radius 1 is 1.08 bits per heavy atom. The van der Waals surface area contributed by atoms with Gasteiger partial charge in [-0.25, -0.2) is 0 Å². The van der Waals surface area contributed by atoms with Gasteiger partial charge < -0.3 is 30.3 Å². The van der Waals surface area contributed by atoms with Crippen LogP contribution in [0.5, 0.6) is 0 Å². The van der Waals surface area contributed by atoms with Crippen molar-refractivity contribution in [3.63, 3.8) is 0 Å². The van der Waals surface area contributed by atoms with Crippen molar-refractivity contribution >= 4 is 17.3 Å². The number of aliphatic hydroxyl groups excluding tert-OH is 3. The van der Waals surface area contributed by atoms with Crippen LogP contribution in [0.2, 0.25) is 0 Å². The van der Waals surface area contributed by atoms with E-state index in [1.807, 2.05) is 0 Å². The molecule has 2 aliphatic heterocycles. The molecule has 0 amide bonds. The van der Waals surface area contributed by atoms with Gasteiger partial charge in [0.1, 0.15) is 22.9 Å². The average molecular weight is 512 g/mol. The highest BCUT2D eigenvalue weighted by atomic mass is 16.7. The van der Waals surface area contributed by atoms with E-state index in [1.54, 1.807) is 38.2 Å². The minimum Gasteiger partial charge on any atom is -0.511 e. The van der Waals surface area contributed by atoms with Gasteiger partial charge in [0.25, 0.3) is 0 Å². The molecule has 0 aromatic rings. The van der Waals surface area contributed by atoms with E-state index >= 15 is 0 Å². The number of aliphatic imine (C=N–C) groups is 1. The Hall–Kier alpha value is -3.27. The van der Waals surface area contributed by atoms with Gasteiger partial charge in [0.15, 0.2) is 17.2 Å². The monoisotopic (exact) mass is 511 g/mol. The Balaban J connectivity index is 2.12. The van der Waals surface area contributed by atoms with Crippen LogP contribution in [0.15, 0.2) is 75.4 Å². The molecular formula is C28H33NO8. The third kappa shape index (κ3) is 3.17. The number of allylic oxidation sites excluding steroid dienone is 6. The fourth-order valence-corrected chi connectivity index (χ4v) is 6.36. The van der Waals surface area contributed by atoms with E-state index in [-0.39, 0.29) is 28.9 Å². The summed E-state index contributed by atoms with van der Waals surface area (Å²) < 4.78 is 6.07. The molecule has 0 unspecified atom stereocenters. The fourth-order valence-electron chi connectivity index (χ4n) is 6.36. The van der Waals surface area contributed by atoms with Crippen LogP contribution in [0.4, 0.5) is 0 Å². The van der Waals surface area contributed by atoms with Crippen LogP contribution in [0.25, 0.3) is 0 Å². The lowest BCUT2D eigenvalue weighted by Gasteiger charge is -2.52. The molecule has 198 valence electrons. The summed E-state index contributed by atoms with van der Waals surface area (Å²) in [6, 6.07) is -0.631. The van der Waals surface area contributed by atoms with Gasteiger partial charge in [-0.1, -0.05) is 30.4 Å². The van der Waals surface area contributed by atoms with Gasteiger partial charge in [-0.05, 0) is 47.6 Å². The SMILES string of the molecule is C/C=C\[C@H]1CC(=O)C2=C(O)[C@@]3(C)[C@H]4/C(=C(O)/C=C/C=C/C)C(O)=C(C)C(=O)[C@@]4(C)O[C@@]3(O)[C@@](C)(O)C2=N1. The molecule has 0 spiro atoms. The van der Waals surface area contributed by atoms with E-state index in [9.17, 15) is 35.1 Å². The first-order valence-corrected chi connectivity index (χ1v) is 12.2. The molecule has 0 bridgehead atoms. The minimum absolute atomic E-state index is 0.0795. The zero-order chi connectivity index (χ0) is 27.7. The smallest absolute Gasteiger partial charge is 0.215 e. The number of rotatable bonds is 3. The summed E-state index contributed by atoms with van der Waals surface area (Å²) >= 11 is 0. The molecule has 9 nitrogen and oxygen atoms in total. The molecular weight excluding hydrogens is 478 g/mol. The molecule has 0 aromatic heterocycles. The summed E-state index contributed by atoms with van der Waals surface area (Å²) in [7, 11) is 0. The van der Waals surface area contributed by atoms with E-state index in [2.05, 4.69) is 4.99 Å². The normalized spacial score (nSPS) is 41.6. The third-order valence-electron chi connectivity index (χ3n) is 8.19. The maximum Gasteiger partial charge on any atom is 0.215 e. The lowest BCUT2D eigenvalue weighted by molar-refractivity contribution is -0.308. The molecule has 1 fully saturated rings. The first-order chi connectivity index (χ1) is 17.1. The molecule has 9 heteroatoms. The fraction of sp³-hybridized carbons (Fsp3) is 0.464. The van der Waals surface area contributed by atoms with Gasteiger partial charge >= 0.3 is 0 Å². The van der Waals surface area contributed by atoms with E-state index in [0.29, 0.717) is 0 Å². The summed E-state index contributed by atoms with van der Waals surface area (Å²) in [6.07, 6.45) is 9.43. The third-order valence-corrected chi connectivity index (χ3v) is 8.19. The maximum atomic E-state index is 13.6. The Kier molecular flexibility index (Phi) is 6.06. The standard InChI is InChI=1S/C28H33NO8/c1-7-9-10-12-16(30)18-20(32)14(3)23(33)26(5)21(18)25(4)24(34)19-17(31)13-15(11-8-2)29-22(19)27(6,35)28(25,36)37-26/h7-12,15,21,30,32,34-36H,13H2,1-6H3/b9-7+,11-8-,12-10+,18-16-/t15-,21+,25+,26-,27-,28+/m0/s1. The van der Waals surface area contributed by atoms with E-state index in [1.165, 1.54) is 39.8 Å². The van der Waals surface area contributed by atoms with Crippen LogP contribution in [0.1, 0.15) is 48.0 Å². The second-order valence-electron chi connectivity index (χ2n) is 10.5. The number of hydrogen-bond donors (Lipinski definition) is 5. The highest BCUT2D eigenvalue weighted by Gasteiger charge is 2.81. The Morgan fingerprint density at radius 2 is 1.73 bits per heavy atom. The van der Waals surface area contributed by atoms with Crippen molar-refractivity contribution in [1.29, 1.82) is 0 Å². The molecule has 4 rings (SSSR count). The van der Waals surface area contributed by atoms with Crippen molar-refractivity contribution in [2.24, 2.45) is 16.3 Å². The van der Waals surface area contributed by atoms with Gasteiger partial charge in [0, 0.05) is 23.5 Å². The number of carbonyl (C=O) groups excluding carboxylic acids is 2. The number of aliphatic hydroxyl groups is 5. The van der Waals surface area contributed by atoms with Crippen LogP contribution in [-0.2, 0) is 14.3 Å². The van der Waals surface area contributed by atoms with Crippen molar-refractivity contribution < 1.29 is 39.9 Å². The highest BCUT2D eigenvalue weighted by Crippen LogP contribution is 2.68. The van der Waals surface area contributed by atoms with Crippen molar-refractivity contribution in [2.45, 2.75) is 71.0 Å². The summed E-state index contributed by atoms with van der Waals surface area (Å²) in [5.41, 5.74) is -7.21. The molecule has 2 heterocycles. The van der Waals surface area contributed by atoms with Crippen LogP contribution in [-0.4, -0.2) is 65.8 Å².